The average molecular weight is 363 g/mol. The zero-order valence-corrected chi connectivity index (χ0v) is 13.3. The largest absolute Gasteiger partial charge is 0.332 e. The number of nitrogens with zero attached hydrogens (tertiary/aromatic N) is 4. The van der Waals surface area contributed by atoms with Crippen molar-refractivity contribution >= 4 is 43.4 Å². The molecule has 1 saturated heterocycles. The first-order valence-electron chi connectivity index (χ1n) is 6.55. The van der Waals surface area contributed by atoms with Crippen molar-refractivity contribution in [2.75, 3.05) is 13.1 Å². The summed E-state index contributed by atoms with van der Waals surface area (Å²) >= 11 is 4.83. The summed E-state index contributed by atoms with van der Waals surface area (Å²) in [5.41, 5.74) is 0.888. The smallest absolute Gasteiger partial charge is 0.283 e. The second kappa shape index (κ2) is 4.92. The second-order valence-corrected chi connectivity index (χ2v) is 6.94. The Hall–Kier alpha value is -1.73. The quantitative estimate of drug-likeness (QED) is 0.704. The van der Waals surface area contributed by atoms with Gasteiger partial charge in [0.2, 0.25) is 0 Å². The summed E-state index contributed by atoms with van der Waals surface area (Å²) in [5.74, 6) is 0.0127. The lowest BCUT2D eigenvalue weighted by molar-refractivity contribution is 0.0501. The molecular formula is C14H11BrN4OS. The van der Waals surface area contributed by atoms with Crippen LogP contribution in [0.2, 0.25) is 0 Å². The van der Waals surface area contributed by atoms with E-state index in [1.807, 2.05) is 40.0 Å². The van der Waals surface area contributed by atoms with Gasteiger partial charge < -0.3 is 4.90 Å². The molecule has 0 saturated carbocycles. The number of aromatic nitrogens is 3. The van der Waals surface area contributed by atoms with Gasteiger partial charge in [0.25, 0.3) is 5.91 Å². The minimum absolute atomic E-state index is 0.0127. The lowest BCUT2D eigenvalue weighted by atomic mass is 10.1. The van der Waals surface area contributed by atoms with Crippen molar-refractivity contribution < 1.29 is 4.79 Å². The molecule has 1 aliphatic rings. The number of carbonyl (C=O) groups is 1. The molecule has 0 spiro atoms. The van der Waals surface area contributed by atoms with Crippen LogP contribution in [-0.2, 0) is 0 Å². The van der Waals surface area contributed by atoms with Crippen LogP contribution < -0.4 is 0 Å². The number of carbonyl (C=O) groups excluding carboxylic acids is 1. The van der Waals surface area contributed by atoms with Gasteiger partial charge in [0.05, 0.1) is 26.9 Å². The van der Waals surface area contributed by atoms with Crippen LogP contribution in [0.4, 0.5) is 0 Å². The predicted molar refractivity (Wildman–Crippen MR) is 84.5 cm³/mol. The van der Waals surface area contributed by atoms with E-state index < -0.39 is 0 Å². The molecule has 5 nitrogen and oxygen atoms in total. The molecule has 4 rings (SSSR count). The Morgan fingerprint density at radius 2 is 2.14 bits per heavy atom. The standard InChI is InChI=1S/C14H11BrN4OS/c15-9-5-16-19(6-9)10-7-18(8-10)14(20)13-17-11-3-1-2-4-12(11)21-13/h1-6,10H,7-8H2. The van der Waals surface area contributed by atoms with Crippen molar-refractivity contribution in [2.24, 2.45) is 0 Å². The predicted octanol–water partition coefficient (Wildman–Crippen LogP) is 2.95. The number of halogens is 1. The van der Waals surface area contributed by atoms with Crippen LogP contribution in [0.1, 0.15) is 15.8 Å². The zero-order valence-electron chi connectivity index (χ0n) is 10.9. The number of thiazole rings is 1. The zero-order chi connectivity index (χ0) is 14.4. The van der Waals surface area contributed by atoms with Crippen LogP contribution in [0.15, 0.2) is 41.1 Å². The molecule has 106 valence electrons. The summed E-state index contributed by atoms with van der Waals surface area (Å²) < 4.78 is 3.90. The summed E-state index contributed by atoms with van der Waals surface area (Å²) in [4.78, 5) is 18.6. The van der Waals surface area contributed by atoms with Crippen LogP contribution in [0, 0.1) is 0 Å². The van der Waals surface area contributed by atoms with Gasteiger partial charge in [0.1, 0.15) is 0 Å². The van der Waals surface area contributed by atoms with Crippen LogP contribution >= 0.6 is 27.3 Å². The van der Waals surface area contributed by atoms with Gasteiger partial charge in [-0.1, -0.05) is 12.1 Å². The van der Waals surface area contributed by atoms with Crippen LogP contribution in [0.25, 0.3) is 10.2 Å². The third-order valence-electron chi connectivity index (χ3n) is 3.57. The minimum Gasteiger partial charge on any atom is -0.332 e. The fourth-order valence-electron chi connectivity index (χ4n) is 2.40. The van der Waals surface area contributed by atoms with Crippen molar-refractivity contribution in [3.05, 3.63) is 46.1 Å². The Bertz CT molecular complexity index is 788. The fraction of sp³-hybridized carbons (Fsp3) is 0.214. The van der Waals surface area contributed by atoms with E-state index in [9.17, 15) is 4.79 Å². The minimum atomic E-state index is 0.0127. The number of para-hydroxylation sites is 1. The number of fused-ring (bicyclic) bond motifs is 1. The molecule has 0 bridgehead atoms. The summed E-state index contributed by atoms with van der Waals surface area (Å²) in [7, 11) is 0. The maximum absolute atomic E-state index is 12.4. The highest BCUT2D eigenvalue weighted by atomic mass is 79.9. The van der Waals surface area contributed by atoms with Crippen molar-refractivity contribution in [1.82, 2.24) is 19.7 Å². The van der Waals surface area contributed by atoms with Gasteiger partial charge in [-0.3, -0.25) is 9.48 Å². The molecule has 0 radical (unpaired) electrons. The number of likely N-dealkylation sites (tertiary alicyclic amines) is 1. The van der Waals surface area contributed by atoms with E-state index in [4.69, 9.17) is 0 Å². The highest BCUT2D eigenvalue weighted by Gasteiger charge is 2.34. The van der Waals surface area contributed by atoms with E-state index in [1.54, 1.807) is 6.20 Å². The highest BCUT2D eigenvalue weighted by molar-refractivity contribution is 9.10. The highest BCUT2D eigenvalue weighted by Crippen LogP contribution is 2.27. The summed E-state index contributed by atoms with van der Waals surface area (Å²) in [6.07, 6.45) is 3.70. The third-order valence-corrected chi connectivity index (χ3v) is 5.00. The number of hydrogen-bond acceptors (Lipinski definition) is 4. The molecule has 0 N–H and O–H groups in total. The van der Waals surface area contributed by atoms with E-state index in [0.29, 0.717) is 18.1 Å². The Morgan fingerprint density at radius 1 is 1.33 bits per heavy atom. The number of hydrogen-bond donors (Lipinski definition) is 0. The molecule has 0 atom stereocenters. The molecule has 21 heavy (non-hydrogen) atoms. The molecule has 0 unspecified atom stereocenters. The van der Waals surface area contributed by atoms with Gasteiger partial charge in [-0.2, -0.15) is 5.10 Å². The Kier molecular flexibility index (Phi) is 3.04. The molecule has 3 aromatic rings. The maximum Gasteiger partial charge on any atom is 0.283 e. The first kappa shape index (κ1) is 13.0. The first-order chi connectivity index (χ1) is 10.2. The molecule has 0 aliphatic carbocycles. The first-order valence-corrected chi connectivity index (χ1v) is 8.16. The van der Waals surface area contributed by atoms with Gasteiger partial charge in [-0.25, -0.2) is 4.98 Å². The van der Waals surface area contributed by atoms with Gasteiger partial charge >= 0.3 is 0 Å². The normalized spacial score (nSPS) is 15.4. The second-order valence-electron chi connectivity index (χ2n) is 4.99. The van der Waals surface area contributed by atoms with Crippen molar-refractivity contribution in [2.45, 2.75) is 6.04 Å². The molecule has 3 heterocycles. The topological polar surface area (TPSA) is 51.0 Å². The molecule has 1 aliphatic heterocycles. The number of amides is 1. The average Bonchev–Trinajstić information content (AvgIpc) is 3.03. The Balaban J connectivity index is 1.49. The van der Waals surface area contributed by atoms with E-state index in [0.717, 1.165) is 14.7 Å². The maximum atomic E-state index is 12.4. The summed E-state index contributed by atoms with van der Waals surface area (Å²) in [6, 6.07) is 8.08. The molecule has 1 fully saturated rings. The third kappa shape index (κ3) is 2.26. The lowest BCUT2D eigenvalue weighted by Gasteiger charge is -2.38. The molecule has 1 aromatic carbocycles. The van der Waals surface area contributed by atoms with E-state index in [1.165, 1.54) is 11.3 Å². The number of benzene rings is 1. The molecule has 2 aromatic heterocycles. The summed E-state index contributed by atoms with van der Waals surface area (Å²) in [6.45, 7) is 1.37. The van der Waals surface area contributed by atoms with E-state index >= 15 is 0 Å². The fourth-order valence-corrected chi connectivity index (χ4v) is 3.64. The van der Waals surface area contributed by atoms with Crippen molar-refractivity contribution in [1.29, 1.82) is 0 Å². The van der Waals surface area contributed by atoms with Gasteiger partial charge in [0, 0.05) is 19.3 Å². The summed E-state index contributed by atoms with van der Waals surface area (Å²) in [5, 5.41) is 4.82. The van der Waals surface area contributed by atoms with Gasteiger partial charge in [-0.15, -0.1) is 11.3 Å². The van der Waals surface area contributed by atoms with E-state index in [2.05, 4.69) is 26.0 Å². The SMILES string of the molecule is O=C(c1nc2ccccc2s1)N1CC(n2cc(Br)cn2)C1. The van der Waals surface area contributed by atoms with Crippen LogP contribution in [-0.4, -0.2) is 38.7 Å². The Morgan fingerprint density at radius 3 is 2.86 bits per heavy atom. The molecule has 7 heteroatoms. The van der Waals surface area contributed by atoms with Gasteiger partial charge in [0.15, 0.2) is 5.01 Å². The van der Waals surface area contributed by atoms with E-state index in [-0.39, 0.29) is 11.9 Å². The van der Waals surface area contributed by atoms with Crippen LogP contribution in [0.3, 0.4) is 0 Å². The Labute approximate surface area is 133 Å². The lowest BCUT2D eigenvalue weighted by Crippen LogP contribution is -2.50. The molecular weight excluding hydrogens is 352 g/mol. The number of rotatable bonds is 2. The van der Waals surface area contributed by atoms with Crippen molar-refractivity contribution in [3.63, 3.8) is 0 Å². The van der Waals surface area contributed by atoms with Crippen LogP contribution in [0.5, 0.6) is 0 Å². The molecule has 1 amide bonds. The van der Waals surface area contributed by atoms with Crippen molar-refractivity contribution in [3.8, 4) is 0 Å². The monoisotopic (exact) mass is 362 g/mol. The van der Waals surface area contributed by atoms with Gasteiger partial charge in [-0.05, 0) is 28.1 Å².